The number of sulfone groups is 1. The number of hydrogen-bond donors (Lipinski definition) is 2. The second-order valence-corrected chi connectivity index (χ2v) is 12.5. The Balaban J connectivity index is 1.28. The molecule has 7 nitrogen and oxygen atoms in total. The first-order valence-electron chi connectivity index (χ1n) is 14.5. The molecule has 0 heterocycles. The van der Waals surface area contributed by atoms with E-state index in [1.807, 2.05) is 97.9 Å². The Morgan fingerprint density at radius 3 is 2.14 bits per heavy atom. The van der Waals surface area contributed by atoms with E-state index in [0.717, 1.165) is 40.1 Å². The van der Waals surface area contributed by atoms with Crippen molar-refractivity contribution in [2.75, 3.05) is 25.1 Å². The molecule has 0 bridgehead atoms. The third-order valence-electron chi connectivity index (χ3n) is 7.23. The molecular formula is C35H39NO6S. The molecule has 0 spiro atoms. The predicted octanol–water partition coefficient (Wildman–Crippen LogP) is 6.67. The van der Waals surface area contributed by atoms with Gasteiger partial charge in [-0.1, -0.05) is 72.3 Å². The van der Waals surface area contributed by atoms with Crippen molar-refractivity contribution in [2.45, 2.75) is 49.4 Å². The second kappa shape index (κ2) is 15.4. The van der Waals surface area contributed by atoms with E-state index in [1.165, 1.54) is 0 Å². The summed E-state index contributed by atoms with van der Waals surface area (Å²) >= 11 is 0. The fraction of sp³-hybridized carbons (Fsp3) is 0.286. The van der Waals surface area contributed by atoms with Gasteiger partial charge in [0.1, 0.15) is 5.75 Å². The number of carboxylic acids is 1. The van der Waals surface area contributed by atoms with Crippen molar-refractivity contribution in [1.29, 1.82) is 0 Å². The van der Waals surface area contributed by atoms with E-state index in [9.17, 15) is 18.3 Å². The molecule has 2 N–H and O–H groups in total. The highest BCUT2D eigenvalue weighted by atomic mass is 32.2. The van der Waals surface area contributed by atoms with E-state index in [4.69, 9.17) is 9.47 Å². The molecule has 1 unspecified atom stereocenters. The molecule has 8 heteroatoms. The molecule has 2 atom stereocenters. The highest BCUT2D eigenvalue weighted by molar-refractivity contribution is 7.91. The van der Waals surface area contributed by atoms with Crippen LogP contribution < -0.4 is 10.1 Å². The Bertz CT molecular complexity index is 1540. The largest absolute Gasteiger partial charge is 0.493 e. The molecule has 0 aromatic heterocycles. The van der Waals surface area contributed by atoms with Crippen molar-refractivity contribution < 1.29 is 27.8 Å². The summed E-state index contributed by atoms with van der Waals surface area (Å²) in [6.45, 7) is 5.07. The van der Waals surface area contributed by atoms with Gasteiger partial charge in [-0.3, -0.25) is 0 Å². The van der Waals surface area contributed by atoms with E-state index in [0.29, 0.717) is 37.5 Å². The van der Waals surface area contributed by atoms with E-state index in [-0.39, 0.29) is 0 Å². The minimum Gasteiger partial charge on any atom is -0.493 e. The van der Waals surface area contributed by atoms with Gasteiger partial charge in [0, 0.05) is 31.7 Å². The van der Waals surface area contributed by atoms with Crippen LogP contribution in [0.1, 0.15) is 40.8 Å². The van der Waals surface area contributed by atoms with Gasteiger partial charge < -0.3 is 19.9 Å². The zero-order valence-electron chi connectivity index (χ0n) is 24.6. The van der Waals surface area contributed by atoms with Crippen LogP contribution in [0.5, 0.6) is 5.75 Å². The van der Waals surface area contributed by atoms with E-state index >= 15 is 0 Å². The van der Waals surface area contributed by atoms with Crippen LogP contribution in [0.4, 0.5) is 5.69 Å². The molecule has 0 aliphatic rings. The van der Waals surface area contributed by atoms with Gasteiger partial charge in [-0.25, -0.2) is 13.2 Å². The summed E-state index contributed by atoms with van der Waals surface area (Å²) in [5.74, 6) is -0.246. The number of ether oxygens (including phenoxy) is 2. The van der Waals surface area contributed by atoms with Crippen molar-refractivity contribution in [2.24, 2.45) is 0 Å². The Labute approximate surface area is 254 Å². The lowest BCUT2D eigenvalue weighted by Gasteiger charge is -2.19. The molecule has 4 rings (SSSR count). The first-order valence-corrected chi connectivity index (χ1v) is 16.1. The molecule has 0 radical (unpaired) electrons. The average Bonchev–Trinajstić information content (AvgIpc) is 3.01. The normalized spacial score (nSPS) is 12.8. The van der Waals surface area contributed by atoms with Gasteiger partial charge in [-0.2, -0.15) is 0 Å². The quantitative estimate of drug-likeness (QED) is 0.148. The van der Waals surface area contributed by atoms with Crippen LogP contribution >= 0.6 is 0 Å². The number of aryl methyl sites for hydroxylation is 1. The number of anilines is 1. The molecular weight excluding hydrogens is 562 g/mol. The molecule has 0 fully saturated rings. The van der Waals surface area contributed by atoms with Gasteiger partial charge in [-0.15, -0.1) is 0 Å². The van der Waals surface area contributed by atoms with E-state index in [2.05, 4.69) is 5.32 Å². The summed E-state index contributed by atoms with van der Waals surface area (Å²) in [5, 5.41) is 12.0. The number of aliphatic carboxylic acids is 1. The second-order valence-electron chi connectivity index (χ2n) is 10.4. The monoisotopic (exact) mass is 601 g/mol. The minimum absolute atomic E-state index is 0.305. The Hall–Kier alpha value is -4.14. The Kier molecular flexibility index (Phi) is 11.4. The molecule has 4 aromatic rings. The lowest BCUT2D eigenvalue weighted by molar-refractivity contribution is -0.149. The van der Waals surface area contributed by atoms with Crippen LogP contribution in [0, 0.1) is 6.92 Å². The average molecular weight is 602 g/mol. The summed E-state index contributed by atoms with van der Waals surface area (Å²) in [6, 6.07) is 31.9. The summed E-state index contributed by atoms with van der Waals surface area (Å²) in [5.41, 5.74) is 4.72. The molecule has 43 heavy (non-hydrogen) atoms. The van der Waals surface area contributed by atoms with Crippen LogP contribution in [0.15, 0.2) is 108 Å². The van der Waals surface area contributed by atoms with Crippen LogP contribution in [-0.4, -0.2) is 45.4 Å². The molecule has 0 saturated heterocycles. The number of hydrogen-bond acceptors (Lipinski definition) is 6. The molecule has 0 saturated carbocycles. The third kappa shape index (κ3) is 9.17. The predicted molar refractivity (Wildman–Crippen MR) is 169 cm³/mol. The Morgan fingerprint density at radius 2 is 1.51 bits per heavy atom. The first kappa shape index (κ1) is 31.8. The highest BCUT2D eigenvalue weighted by Gasteiger charge is 2.28. The number of carboxylic acid groups (broad SMARTS) is 1. The van der Waals surface area contributed by atoms with Crippen LogP contribution in [0.25, 0.3) is 0 Å². The maximum Gasteiger partial charge on any atom is 0.333 e. The fourth-order valence-electron chi connectivity index (χ4n) is 4.84. The van der Waals surface area contributed by atoms with Gasteiger partial charge in [0.25, 0.3) is 0 Å². The first-order chi connectivity index (χ1) is 20.8. The van der Waals surface area contributed by atoms with Crippen molar-refractivity contribution >= 4 is 21.5 Å². The molecule has 226 valence electrons. The third-order valence-corrected chi connectivity index (χ3v) is 9.42. The van der Waals surface area contributed by atoms with Crippen LogP contribution in [0.2, 0.25) is 0 Å². The van der Waals surface area contributed by atoms with E-state index < -0.39 is 27.2 Å². The topological polar surface area (TPSA) is 102 Å². The van der Waals surface area contributed by atoms with E-state index in [1.54, 1.807) is 19.1 Å². The number of carbonyl (C=O) groups is 1. The van der Waals surface area contributed by atoms with Gasteiger partial charge in [-0.05, 0) is 73.4 Å². The lowest BCUT2D eigenvalue weighted by atomic mass is 10.1. The maximum atomic E-state index is 13.6. The van der Waals surface area contributed by atoms with Crippen molar-refractivity contribution in [1.82, 2.24) is 0 Å². The number of benzene rings is 4. The van der Waals surface area contributed by atoms with Crippen molar-refractivity contribution in [3.05, 3.63) is 125 Å². The summed E-state index contributed by atoms with van der Waals surface area (Å²) < 4.78 is 38.3. The van der Waals surface area contributed by atoms with Crippen molar-refractivity contribution in [3.8, 4) is 5.75 Å². The molecule has 0 aliphatic carbocycles. The SMILES string of the molecule is CCO[C@@H](Cc1ccc(OCCc2ccc(NCCC(c3ccccc3)S(=O)(=O)c3ccc(C)cc3)cc2)cc1)C(=O)O. The molecule has 0 aliphatic heterocycles. The number of rotatable bonds is 16. The standard InChI is InChI=1S/C35H39NO6S/c1-3-41-33(35(37)38)25-28-13-17-31(18-14-28)42-24-22-27-11-15-30(16-12-27)36-23-21-34(29-7-5-4-6-8-29)43(39,40)32-19-9-26(2)10-20-32/h4-20,33-34,36H,3,21-25H2,1-2H3,(H,37,38)/t33-,34?/m0/s1. The lowest BCUT2D eigenvalue weighted by Crippen LogP contribution is -2.26. The maximum absolute atomic E-state index is 13.6. The van der Waals surface area contributed by atoms with Gasteiger partial charge in [0.05, 0.1) is 16.8 Å². The molecule has 0 amide bonds. The minimum atomic E-state index is -3.56. The zero-order chi connectivity index (χ0) is 30.7. The number of nitrogens with one attached hydrogen (secondary N) is 1. The summed E-state index contributed by atoms with van der Waals surface area (Å²) in [4.78, 5) is 11.6. The van der Waals surface area contributed by atoms with Gasteiger partial charge in [0.2, 0.25) is 0 Å². The molecule has 4 aromatic carbocycles. The summed E-state index contributed by atoms with van der Waals surface area (Å²) in [6.07, 6.45) is 0.598. The van der Waals surface area contributed by atoms with Gasteiger partial charge >= 0.3 is 5.97 Å². The smallest absolute Gasteiger partial charge is 0.333 e. The van der Waals surface area contributed by atoms with Crippen molar-refractivity contribution in [3.63, 3.8) is 0 Å². The van der Waals surface area contributed by atoms with Crippen LogP contribution in [-0.2, 0) is 32.2 Å². The highest BCUT2D eigenvalue weighted by Crippen LogP contribution is 2.32. The zero-order valence-corrected chi connectivity index (χ0v) is 25.4. The Morgan fingerprint density at radius 1 is 0.860 bits per heavy atom. The van der Waals surface area contributed by atoms with Gasteiger partial charge in [0.15, 0.2) is 15.9 Å². The fourth-order valence-corrected chi connectivity index (χ4v) is 6.63. The van der Waals surface area contributed by atoms with Crippen LogP contribution in [0.3, 0.4) is 0 Å². The summed E-state index contributed by atoms with van der Waals surface area (Å²) in [7, 11) is -3.56.